The molecule has 226 valence electrons. The Morgan fingerprint density at radius 2 is 1.88 bits per heavy atom. The largest absolute Gasteiger partial charge is 0.359 e. The minimum atomic E-state index is -4.04. The van der Waals surface area contributed by atoms with Crippen LogP contribution >= 0.6 is 11.6 Å². The van der Waals surface area contributed by atoms with Crippen LogP contribution in [0.15, 0.2) is 59.5 Å². The third-order valence-electron chi connectivity index (χ3n) is 8.39. The zero-order valence-corrected chi connectivity index (χ0v) is 25.1. The van der Waals surface area contributed by atoms with Gasteiger partial charge in [-0.05, 0) is 56.4 Å². The van der Waals surface area contributed by atoms with E-state index in [9.17, 15) is 27.3 Å². The van der Waals surface area contributed by atoms with Crippen molar-refractivity contribution >= 4 is 38.9 Å². The van der Waals surface area contributed by atoms with Crippen molar-refractivity contribution in [2.45, 2.75) is 66.8 Å². The number of halogens is 3. The first-order chi connectivity index (χ1) is 20.4. The lowest BCUT2D eigenvalue weighted by molar-refractivity contribution is -0.122. The van der Waals surface area contributed by atoms with Gasteiger partial charge in [-0.2, -0.15) is 10.4 Å². The second-order valence-corrected chi connectivity index (χ2v) is 14.3. The van der Waals surface area contributed by atoms with Crippen LogP contribution in [0, 0.1) is 18.3 Å². The number of hydrogen-bond donors (Lipinski definition) is 1. The summed E-state index contributed by atoms with van der Waals surface area (Å²) in [6, 6.07) is 17.3. The lowest BCUT2D eigenvalue weighted by Crippen LogP contribution is -2.56. The first-order valence-electron chi connectivity index (χ1n) is 14.1. The molecule has 1 saturated carbocycles. The molecule has 2 aromatic carbocycles. The molecule has 3 aliphatic rings. The summed E-state index contributed by atoms with van der Waals surface area (Å²) in [6.07, 6.45) is 1.75. The summed E-state index contributed by atoms with van der Waals surface area (Å²) < 4.78 is 56.5. The minimum Gasteiger partial charge on any atom is -0.359 e. The van der Waals surface area contributed by atoms with Crippen molar-refractivity contribution in [2.24, 2.45) is 0 Å². The highest BCUT2D eigenvalue weighted by atomic mass is 35.5. The van der Waals surface area contributed by atoms with Crippen molar-refractivity contribution in [3.63, 3.8) is 0 Å². The number of amides is 1. The van der Waals surface area contributed by atoms with Crippen molar-refractivity contribution in [3.05, 3.63) is 70.9 Å². The standard InChI is InChI=1S/C30H31ClF2N6O3S/c1-20-13-27(39(36-20)12-9-21-5-3-2-4-6-21)38-16-23(15-25(38)28(40)35-29(17-34)10-11-29)43(41,42)26-8-7-22(14-24(26)31)37-18-30(32,33)19-37/h2-8,13-14,23,25H,9-12,15-16,18-19H2,1H3,(H,35,40). The molecule has 3 aromatic rings. The molecule has 1 amide bonds. The fourth-order valence-corrected chi connectivity index (χ4v) is 8.07. The summed E-state index contributed by atoms with van der Waals surface area (Å²) in [5, 5.41) is 16.0. The van der Waals surface area contributed by atoms with Gasteiger partial charge in [-0.15, -0.1) is 0 Å². The van der Waals surface area contributed by atoms with E-state index in [4.69, 9.17) is 11.6 Å². The van der Waals surface area contributed by atoms with E-state index < -0.39 is 51.6 Å². The smallest absolute Gasteiger partial charge is 0.282 e. The molecule has 2 aliphatic heterocycles. The van der Waals surface area contributed by atoms with Crippen LogP contribution in [0.25, 0.3) is 0 Å². The molecule has 1 aromatic heterocycles. The second-order valence-electron chi connectivity index (χ2n) is 11.7. The number of anilines is 2. The van der Waals surface area contributed by atoms with Crippen LogP contribution in [0.5, 0.6) is 0 Å². The normalized spacial score (nSPS) is 22.1. The molecule has 9 nitrogen and oxygen atoms in total. The number of nitrogens with zero attached hydrogens (tertiary/aromatic N) is 5. The number of hydrogen-bond acceptors (Lipinski definition) is 7. The van der Waals surface area contributed by atoms with Gasteiger partial charge in [0, 0.05) is 24.8 Å². The Labute approximate surface area is 253 Å². The Kier molecular flexibility index (Phi) is 7.37. The van der Waals surface area contributed by atoms with Crippen molar-refractivity contribution in [1.29, 1.82) is 5.26 Å². The quantitative estimate of drug-likeness (QED) is 0.379. The topological polar surface area (TPSA) is 111 Å². The number of alkyl halides is 2. The summed E-state index contributed by atoms with van der Waals surface area (Å²) in [5.74, 6) is -2.57. The first-order valence-corrected chi connectivity index (χ1v) is 16.1. The Morgan fingerprint density at radius 1 is 1.16 bits per heavy atom. The predicted molar refractivity (Wildman–Crippen MR) is 158 cm³/mol. The monoisotopic (exact) mass is 628 g/mol. The molecule has 1 aliphatic carbocycles. The number of aromatic nitrogens is 2. The highest BCUT2D eigenvalue weighted by molar-refractivity contribution is 7.92. The fraction of sp³-hybridized carbons (Fsp3) is 0.433. The average molecular weight is 629 g/mol. The van der Waals surface area contributed by atoms with Gasteiger partial charge >= 0.3 is 0 Å². The van der Waals surface area contributed by atoms with E-state index in [0.29, 0.717) is 37.3 Å². The molecule has 0 radical (unpaired) electrons. The number of benzene rings is 2. The lowest BCUT2D eigenvalue weighted by Gasteiger charge is -2.40. The highest BCUT2D eigenvalue weighted by Crippen LogP contribution is 2.39. The Bertz CT molecular complexity index is 1700. The number of aryl methyl sites for hydroxylation is 3. The van der Waals surface area contributed by atoms with Crippen molar-refractivity contribution in [3.8, 4) is 6.07 Å². The molecular formula is C30H31ClF2N6O3S. The van der Waals surface area contributed by atoms with Gasteiger partial charge < -0.3 is 15.1 Å². The zero-order valence-electron chi connectivity index (χ0n) is 23.5. The van der Waals surface area contributed by atoms with Crippen LogP contribution in [0.3, 0.4) is 0 Å². The maximum Gasteiger partial charge on any atom is 0.282 e. The number of carbonyl (C=O) groups excluding carboxylic acids is 1. The van der Waals surface area contributed by atoms with Gasteiger partial charge in [0.2, 0.25) is 5.91 Å². The van der Waals surface area contributed by atoms with Crippen LogP contribution in [0.2, 0.25) is 5.02 Å². The molecule has 3 heterocycles. The maximum absolute atomic E-state index is 14.0. The molecule has 13 heteroatoms. The number of carbonyl (C=O) groups is 1. The molecule has 6 rings (SSSR count). The first kappa shape index (κ1) is 29.4. The van der Waals surface area contributed by atoms with Crippen LogP contribution in [-0.2, 0) is 27.6 Å². The van der Waals surface area contributed by atoms with Crippen molar-refractivity contribution in [2.75, 3.05) is 29.4 Å². The van der Waals surface area contributed by atoms with E-state index in [0.717, 1.165) is 11.3 Å². The zero-order chi connectivity index (χ0) is 30.6. The highest BCUT2D eigenvalue weighted by Gasteiger charge is 2.50. The molecule has 0 spiro atoms. The summed E-state index contributed by atoms with van der Waals surface area (Å²) >= 11 is 6.45. The number of sulfone groups is 1. The molecule has 3 fully saturated rings. The molecule has 0 bridgehead atoms. The number of rotatable bonds is 9. The SMILES string of the molecule is Cc1cc(N2CC(S(=O)(=O)c3ccc(N4CC(F)(F)C4)cc3Cl)CC2C(=O)NC2(C#N)CC2)n(CCc2ccccc2)n1. The molecule has 2 saturated heterocycles. The van der Waals surface area contributed by atoms with E-state index >= 15 is 0 Å². The molecule has 2 unspecified atom stereocenters. The average Bonchev–Trinajstić information content (AvgIpc) is 3.40. The molecular weight excluding hydrogens is 598 g/mol. The summed E-state index contributed by atoms with van der Waals surface area (Å²) in [6.45, 7) is 1.45. The van der Waals surface area contributed by atoms with Crippen LogP contribution in [0.4, 0.5) is 20.3 Å². The minimum absolute atomic E-state index is 0.00682. The molecule has 1 N–H and O–H groups in total. The van der Waals surface area contributed by atoms with Gasteiger partial charge in [0.05, 0.1) is 40.0 Å². The molecule has 43 heavy (non-hydrogen) atoms. The lowest BCUT2D eigenvalue weighted by atomic mass is 10.1. The van der Waals surface area contributed by atoms with E-state index in [1.807, 2.05) is 43.3 Å². The fourth-order valence-electron chi connectivity index (χ4n) is 5.83. The van der Waals surface area contributed by atoms with Gasteiger partial charge in [0.25, 0.3) is 5.92 Å². The predicted octanol–water partition coefficient (Wildman–Crippen LogP) is 4.14. The van der Waals surface area contributed by atoms with E-state index in [-0.39, 0.29) is 22.9 Å². The summed E-state index contributed by atoms with van der Waals surface area (Å²) in [5.41, 5.74) is 1.34. The third kappa shape index (κ3) is 5.80. The van der Waals surface area contributed by atoms with Gasteiger partial charge in [0.1, 0.15) is 17.4 Å². The van der Waals surface area contributed by atoms with E-state index in [1.165, 1.54) is 23.1 Å². The van der Waals surface area contributed by atoms with Crippen LogP contribution in [-0.4, -0.2) is 66.5 Å². The van der Waals surface area contributed by atoms with Gasteiger partial charge in [0.15, 0.2) is 9.84 Å². The van der Waals surface area contributed by atoms with Gasteiger partial charge in [-0.25, -0.2) is 21.9 Å². The Morgan fingerprint density at radius 3 is 2.51 bits per heavy atom. The third-order valence-corrected chi connectivity index (χ3v) is 11.0. The number of nitrogens with one attached hydrogen (secondary N) is 1. The van der Waals surface area contributed by atoms with Gasteiger partial charge in [-0.1, -0.05) is 41.9 Å². The second kappa shape index (κ2) is 10.8. The Balaban J connectivity index is 1.29. The van der Waals surface area contributed by atoms with E-state index in [1.54, 1.807) is 9.58 Å². The summed E-state index contributed by atoms with van der Waals surface area (Å²) in [4.78, 5) is 16.7. The molecule has 2 atom stereocenters. The Hall–Kier alpha value is -3.69. The van der Waals surface area contributed by atoms with Crippen molar-refractivity contribution in [1.82, 2.24) is 15.1 Å². The van der Waals surface area contributed by atoms with Crippen LogP contribution in [0.1, 0.15) is 30.5 Å². The van der Waals surface area contributed by atoms with Gasteiger partial charge in [-0.3, -0.25) is 4.79 Å². The summed E-state index contributed by atoms with van der Waals surface area (Å²) in [7, 11) is -4.04. The van der Waals surface area contributed by atoms with Crippen molar-refractivity contribution < 1.29 is 22.0 Å². The maximum atomic E-state index is 14.0. The van der Waals surface area contributed by atoms with Crippen LogP contribution < -0.4 is 15.1 Å². The number of nitriles is 1. The van der Waals surface area contributed by atoms with E-state index in [2.05, 4.69) is 16.5 Å².